The van der Waals surface area contributed by atoms with Crippen LogP contribution in [0.5, 0.6) is 0 Å². The Morgan fingerprint density at radius 2 is 1.94 bits per heavy atom. The van der Waals surface area contributed by atoms with E-state index in [0.717, 1.165) is 6.07 Å². The lowest BCUT2D eigenvalue weighted by Gasteiger charge is -2.13. The summed E-state index contributed by atoms with van der Waals surface area (Å²) in [7, 11) is 0. The van der Waals surface area contributed by atoms with Crippen molar-refractivity contribution in [3.05, 3.63) is 46.0 Å². The monoisotopic (exact) mass is 240 g/mol. The van der Waals surface area contributed by atoms with Crippen molar-refractivity contribution >= 4 is 11.4 Å². The molecule has 90 valence electrons. The number of hydrogen-bond acceptors (Lipinski definition) is 3. The molecule has 0 aromatic heterocycles. The SMILES string of the molecule is O=[N+]([O-])c1c(F)cc(F)cc1NC1CC=CC1. The number of nitrogens with one attached hydrogen (secondary N) is 1. The van der Waals surface area contributed by atoms with E-state index in [0.29, 0.717) is 18.9 Å². The second-order valence-corrected chi connectivity index (χ2v) is 3.82. The number of nitro benzene ring substituents is 1. The molecule has 0 aliphatic heterocycles. The van der Waals surface area contributed by atoms with Crippen LogP contribution in [-0.2, 0) is 0 Å². The summed E-state index contributed by atoms with van der Waals surface area (Å²) in [6, 6.07) is 1.41. The molecule has 0 saturated heterocycles. The molecule has 1 N–H and O–H groups in total. The van der Waals surface area contributed by atoms with Crippen molar-refractivity contribution < 1.29 is 13.7 Å². The molecule has 0 amide bonds. The van der Waals surface area contributed by atoms with Gasteiger partial charge in [-0.05, 0) is 12.8 Å². The van der Waals surface area contributed by atoms with Crippen LogP contribution in [0.25, 0.3) is 0 Å². The molecule has 1 aromatic carbocycles. The van der Waals surface area contributed by atoms with E-state index in [4.69, 9.17) is 0 Å². The lowest BCUT2D eigenvalue weighted by Crippen LogP contribution is -2.16. The largest absolute Gasteiger partial charge is 0.376 e. The van der Waals surface area contributed by atoms with Crippen molar-refractivity contribution in [1.82, 2.24) is 0 Å². The van der Waals surface area contributed by atoms with Crippen molar-refractivity contribution in [2.24, 2.45) is 0 Å². The van der Waals surface area contributed by atoms with Gasteiger partial charge in [0.1, 0.15) is 11.5 Å². The standard InChI is InChI=1S/C11H10F2N2O2/c12-7-5-9(13)11(15(16)17)10(6-7)14-8-3-1-2-4-8/h1-2,5-6,8,14H,3-4H2. The van der Waals surface area contributed by atoms with Crippen molar-refractivity contribution in [3.63, 3.8) is 0 Å². The highest BCUT2D eigenvalue weighted by molar-refractivity contribution is 5.63. The Labute approximate surface area is 96.1 Å². The van der Waals surface area contributed by atoms with E-state index in [1.165, 1.54) is 0 Å². The van der Waals surface area contributed by atoms with E-state index in [9.17, 15) is 18.9 Å². The fourth-order valence-corrected chi connectivity index (χ4v) is 1.82. The van der Waals surface area contributed by atoms with Crippen molar-refractivity contribution in [3.8, 4) is 0 Å². The first kappa shape index (κ1) is 11.5. The number of benzene rings is 1. The molecule has 0 bridgehead atoms. The summed E-state index contributed by atoms with van der Waals surface area (Å²) in [5, 5.41) is 13.5. The number of nitro groups is 1. The van der Waals surface area contributed by atoms with Gasteiger partial charge in [0.2, 0.25) is 5.82 Å². The quantitative estimate of drug-likeness (QED) is 0.502. The summed E-state index contributed by atoms with van der Waals surface area (Å²) >= 11 is 0. The number of rotatable bonds is 3. The lowest BCUT2D eigenvalue weighted by atomic mass is 10.2. The maximum absolute atomic E-state index is 13.3. The third-order valence-electron chi connectivity index (χ3n) is 2.58. The Morgan fingerprint density at radius 1 is 1.29 bits per heavy atom. The Balaban J connectivity index is 2.33. The number of anilines is 1. The summed E-state index contributed by atoms with van der Waals surface area (Å²) < 4.78 is 26.3. The summed E-state index contributed by atoms with van der Waals surface area (Å²) in [6.07, 6.45) is 5.21. The van der Waals surface area contributed by atoms with Crippen molar-refractivity contribution in [2.75, 3.05) is 5.32 Å². The molecular formula is C11H10F2N2O2. The van der Waals surface area contributed by atoms with Gasteiger partial charge in [0.25, 0.3) is 0 Å². The zero-order valence-corrected chi connectivity index (χ0v) is 8.82. The molecule has 0 atom stereocenters. The van der Waals surface area contributed by atoms with Crippen LogP contribution in [0, 0.1) is 21.7 Å². The molecule has 1 aliphatic rings. The average Bonchev–Trinajstić information content (AvgIpc) is 2.68. The Hall–Kier alpha value is -1.98. The molecule has 2 rings (SSSR count). The number of halogens is 2. The molecular weight excluding hydrogens is 230 g/mol. The molecule has 0 spiro atoms. The first-order valence-corrected chi connectivity index (χ1v) is 5.13. The minimum Gasteiger partial charge on any atom is -0.376 e. The second-order valence-electron chi connectivity index (χ2n) is 3.82. The van der Waals surface area contributed by atoms with Crippen LogP contribution in [0.2, 0.25) is 0 Å². The van der Waals surface area contributed by atoms with Gasteiger partial charge in [-0.3, -0.25) is 10.1 Å². The Kier molecular flexibility index (Phi) is 3.03. The third kappa shape index (κ3) is 2.41. The molecule has 4 nitrogen and oxygen atoms in total. The van der Waals surface area contributed by atoms with Gasteiger partial charge in [0.15, 0.2) is 0 Å². The number of hydrogen-bond donors (Lipinski definition) is 1. The van der Waals surface area contributed by atoms with Crippen LogP contribution >= 0.6 is 0 Å². The molecule has 0 fully saturated rings. The first-order valence-electron chi connectivity index (χ1n) is 5.13. The molecule has 1 aliphatic carbocycles. The molecule has 0 saturated carbocycles. The normalized spacial score (nSPS) is 15.2. The van der Waals surface area contributed by atoms with Crippen LogP contribution < -0.4 is 5.32 Å². The summed E-state index contributed by atoms with van der Waals surface area (Å²) in [6.45, 7) is 0. The smallest absolute Gasteiger partial charge is 0.327 e. The van der Waals surface area contributed by atoms with E-state index in [1.807, 2.05) is 12.2 Å². The van der Waals surface area contributed by atoms with Gasteiger partial charge in [-0.2, -0.15) is 4.39 Å². The average molecular weight is 240 g/mol. The van der Waals surface area contributed by atoms with Gasteiger partial charge in [-0.1, -0.05) is 12.2 Å². The Bertz CT molecular complexity index is 481. The first-order chi connectivity index (χ1) is 8.08. The van der Waals surface area contributed by atoms with Crippen LogP contribution in [0.4, 0.5) is 20.2 Å². The molecule has 1 aromatic rings. The third-order valence-corrected chi connectivity index (χ3v) is 2.58. The highest BCUT2D eigenvalue weighted by Crippen LogP contribution is 2.30. The summed E-state index contributed by atoms with van der Waals surface area (Å²) in [5.41, 5.74) is -0.820. The van der Waals surface area contributed by atoms with Crippen molar-refractivity contribution in [2.45, 2.75) is 18.9 Å². The second kappa shape index (κ2) is 4.48. The minimum atomic E-state index is -1.16. The van der Waals surface area contributed by atoms with Crippen LogP contribution in [0.3, 0.4) is 0 Å². The van der Waals surface area contributed by atoms with E-state index in [2.05, 4.69) is 5.32 Å². The van der Waals surface area contributed by atoms with Gasteiger partial charge < -0.3 is 5.32 Å². The molecule has 0 heterocycles. The molecule has 0 radical (unpaired) electrons. The fraction of sp³-hybridized carbons (Fsp3) is 0.273. The van der Waals surface area contributed by atoms with Crippen molar-refractivity contribution in [1.29, 1.82) is 0 Å². The van der Waals surface area contributed by atoms with Gasteiger partial charge >= 0.3 is 5.69 Å². The van der Waals surface area contributed by atoms with Gasteiger partial charge in [0, 0.05) is 18.2 Å². The molecule has 6 heteroatoms. The maximum atomic E-state index is 13.3. The maximum Gasteiger partial charge on any atom is 0.327 e. The van der Waals surface area contributed by atoms with E-state index in [-0.39, 0.29) is 11.7 Å². The van der Waals surface area contributed by atoms with Crippen LogP contribution in [0.1, 0.15) is 12.8 Å². The Morgan fingerprint density at radius 3 is 2.53 bits per heavy atom. The predicted molar refractivity (Wildman–Crippen MR) is 58.8 cm³/mol. The van der Waals surface area contributed by atoms with E-state index >= 15 is 0 Å². The highest BCUT2D eigenvalue weighted by atomic mass is 19.1. The summed E-state index contributed by atoms with van der Waals surface area (Å²) in [5.74, 6) is -2.00. The highest BCUT2D eigenvalue weighted by Gasteiger charge is 2.24. The summed E-state index contributed by atoms with van der Waals surface area (Å²) in [4.78, 5) is 9.87. The molecule has 17 heavy (non-hydrogen) atoms. The van der Waals surface area contributed by atoms with E-state index < -0.39 is 22.2 Å². The van der Waals surface area contributed by atoms with Gasteiger partial charge in [0.05, 0.1) is 4.92 Å². The molecule has 0 unspecified atom stereocenters. The zero-order chi connectivity index (χ0) is 12.4. The lowest BCUT2D eigenvalue weighted by molar-refractivity contribution is -0.386. The minimum absolute atomic E-state index is 0.0464. The number of nitrogens with zero attached hydrogens (tertiary/aromatic N) is 1. The topological polar surface area (TPSA) is 55.2 Å². The van der Waals surface area contributed by atoms with E-state index in [1.54, 1.807) is 0 Å². The van der Waals surface area contributed by atoms with Crippen LogP contribution in [0.15, 0.2) is 24.3 Å². The predicted octanol–water partition coefficient (Wildman–Crippen LogP) is 3.00. The zero-order valence-electron chi connectivity index (χ0n) is 8.82. The fourth-order valence-electron chi connectivity index (χ4n) is 1.82. The van der Waals surface area contributed by atoms with Gasteiger partial charge in [-0.25, -0.2) is 4.39 Å². The van der Waals surface area contributed by atoms with Crippen LogP contribution in [-0.4, -0.2) is 11.0 Å². The van der Waals surface area contributed by atoms with Gasteiger partial charge in [-0.15, -0.1) is 0 Å².